The highest BCUT2D eigenvalue weighted by Crippen LogP contribution is 2.39. The van der Waals surface area contributed by atoms with Gasteiger partial charge in [0.2, 0.25) is 0 Å². The average Bonchev–Trinajstić information content (AvgIpc) is 2.75. The number of rotatable bonds is 5. The summed E-state index contributed by atoms with van der Waals surface area (Å²) in [6.07, 6.45) is 3.51. The van der Waals surface area contributed by atoms with Gasteiger partial charge in [0.25, 0.3) is 0 Å². The van der Waals surface area contributed by atoms with Gasteiger partial charge in [-0.25, -0.2) is 0 Å². The monoisotopic (exact) mass is 463 g/mol. The number of benzene rings is 3. The highest BCUT2D eigenvalue weighted by atomic mass is 35.5. The fourth-order valence-electron chi connectivity index (χ4n) is 4.19. The molecule has 4 rings (SSSR count). The van der Waals surface area contributed by atoms with Crippen molar-refractivity contribution < 1.29 is 9.84 Å². The van der Waals surface area contributed by atoms with Crippen LogP contribution in [-0.4, -0.2) is 24.8 Å². The molecule has 3 aromatic carbocycles. The summed E-state index contributed by atoms with van der Waals surface area (Å²) < 4.78 is 5.42. The Hall–Kier alpha value is -1.49. The minimum absolute atomic E-state index is 0.312. The van der Waals surface area contributed by atoms with E-state index >= 15 is 0 Å². The second-order valence-corrected chi connectivity index (χ2v) is 9.02. The van der Waals surface area contributed by atoms with Crippen molar-refractivity contribution in [2.45, 2.75) is 37.8 Å². The van der Waals surface area contributed by atoms with Crippen LogP contribution in [0.25, 0.3) is 21.9 Å². The Morgan fingerprint density at radius 3 is 2.53 bits per heavy atom. The predicted molar refractivity (Wildman–Crippen MR) is 126 cm³/mol. The lowest BCUT2D eigenvalue weighted by atomic mass is 9.90. The Labute approximate surface area is 191 Å². The molecule has 2 N–H and O–H groups in total. The van der Waals surface area contributed by atoms with Crippen LogP contribution in [0, 0.1) is 0 Å². The highest BCUT2D eigenvalue weighted by Gasteiger charge is 2.21. The van der Waals surface area contributed by atoms with Crippen LogP contribution in [-0.2, 0) is 0 Å². The van der Waals surface area contributed by atoms with Crippen molar-refractivity contribution in [2.24, 2.45) is 0 Å². The molecule has 0 aromatic heterocycles. The molecule has 2 unspecified atom stereocenters. The number of halogens is 3. The molecule has 3 nitrogen and oxygen atoms in total. The molecule has 2 atom stereocenters. The number of fused-ring (bicyclic) bond motifs is 1. The molecule has 0 radical (unpaired) electrons. The summed E-state index contributed by atoms with van der Waals surface area (Å²) in [5.74, 6) is 0.593. The van der Waals surface area contributed by atoms with Crippen molar-refractivity contribution in [1.29, 1.82) is 0 Å². The molecular weight excluding hydrogens is 441 g/mol. The molecule has 0 aliphatic carbocycles. The number of methoxy groups -OCH3 is 1. The van der Waals surface area contributed by atoms with E-state index in [0.717, 1.165) is 40.4 Å². The van der Waals surface area contributed by atoms with Gasteiger partial charge in [0.1, 0.15) is 5.75 Å². The Morgan fingerprint density at radius 1 is 1.00 bits per heavy atom. The number of hydrogen-bond acceptors (Lipinski definition) is 3. The molecule has 1 aliphatic heterocycles. The van der Waals surface area contributed by atoms with Crippen LogP contribution in [0.1, 0.15) is 37.4 Å². The van der Waals surface area contributed by atoms with Crippen LogP contribution in [0.15, 0.2) is 42.5 Å². The van der Waals surface area contributed by atoms with Gasteiger partial charge in [0, 0.05) is 6.04 Å². The van der Waals surface area contributed by atoms with E-state index in [1.807, 2.05) is 30.3 Å². The maximum atomic E-state index is 11.2. The first-order valence-electron chi connectivity index (χ1n) is 10.1. The van der Waals surface area contributed by atoms with Crippen molar-refractivity contribution in [3.63, 3.8) is 0 Å². The van der Waals surface area contributed by atoms with E-state index in [-0.39, 0.29) is 0 Å². The number of ether oxygens (including phenoxy) is 1. The van der Waals surface area contributed by atoms with E-state index in [2.05, 4.69) is 11.4 Å². The minimum atomic E-state index is -0.614. The van der Waals surface area contributed by atoms with Gasteiger partial charge in [0.05, 0.1) is 28.3 Å². The zero-order valence-corrected chi connectivity index (χ0v) is 19.0. The molecule has 30 heavy (non-hydrogen) atoms. The van der Waals surface area contributed by atoms with Gasteiger partial charge in [-0.15, -0.1) is 0 Å². The number of piperidine rings is 1. The second-order valence-electron chi connectivity index (χ2n) is 7.80. The molecule has 0 bridgehead atoms. The second kappa shape index (κ2) is 9.33. The third-order valence-corrected chi connectivity index (χ3v) is 6.82. The van der Waals surface area contributed by atoms with Gasteiger partial charge in [-0.1, -0.05) is 47.3 Å². The smallest absolute Gasteiger partial charge is 0.138 e. The molecular formula is C24H24Cl3NO2. The molecule has 1 saturated heterocycles. The van der Waals surface area contributed by atoms with Gasteiger partial charge in [0.15, 0.2) is 0 Å². The molecule has 158 valence electrons. The van der Waals surface area contributed by atoms with Crippen LogP contribution in [0.4, 0.5) is 0 Å². The molecule has 0 spiro atoms. The fraction of sp³-hybridized carbons (Fsp3) is 0.333. The molecule has 6 heteroatoms. The molecule has 3 aromatic rings. The van der Waals surface area contributed by atoms with Crippen LogP contribution >= 0.6 is 34.8 Å². The summed E-state index contributed by atoms with van der Waals surface area (Å²) >= 11 is 18.7. The summed E-state index contributed by atoms with van der Waals surface area (Å²) in [6.45, 7) is 1.00. The van der Waals surface area contributed by atoms with Crippen molar-refractivity contribution in [3.8, 4) is 16.9 Å². The Bertz CT molecular complexity index is 1060. The van der Waals surface area contributed by atoms with Crippen molar-refractivity contribution >= 4 is 45.6 Å². The maximum Gasteiger partial charge on any atom is 0.138 e. The van der Waals surface area contributed by atoms with E-state index < -0.39 is 6.10 Å². The Kier molecular flexibility index (Phi) is 6.76. The molecule has 0 amide bonds. The van der Waals surface area contributed by atoms with E-state index in [0.29, 0.717) is 33.3 Å². The molecule has 1 aliphatic rings. The standard InChI is InChI=1S/C24H24Cl3NO2/c1-30-24-13-18-16(11-22(24)27)8-15(14-5-6-20(25)21(26)10-14)9-19(18)23(29)12-17-4-2-3-7-28-17/h5-6,8-11,13,17,23,28-29H,2-4,7,12H2,1H3. The molecule has 1 fully saturated rings. The van der Waals surface area contributed by atoms with E-state index in [1.54, 1.807) is 13.2 Å². The van der Waals surface area contributed by atoms with E-state index in [4.69, 9.17) is 39.5 Å². The van der Waals surface area contributed by atoms with Crippen LogP contribution in [0.5, 0.6) is 5.75 Å². The van der Waals surface area contributed by atoms with Gasteiger partial charge < -0.3 is 15.2 Å². The zero-order chi connectivity index (χ0) is 21.3. The molecule has 1 heterocycles. The third kappa shape index (κ3) is 4.56. The van der Waals surface area contributed by atoms with Crippen LogP contribution < -0.4 is 10.1 Å². The number of nitrogens with one attached hydrogen (secondary N) is 1. The Morgan fingerprint density at radius 2 is 1.83 bits per heavy atom. The summed E-state index contributed by atoms with van der Waals surface area (Å²) in [6, 6.07) is 13.7. The summed E-state index contributed by atoms with van der Waals surface area (Å²) in [5, 5.41) is 18.1. The predicted octanol–water partition coefficient (Wildman–Crippen LogP) is 7.04. The van der Waals surface area contributed by atoms with Crippen LogP contribution in [0.2, 0.25) is 15.1 Å². The summed E-state index contributed by atoms with van der Waals surface area (Å²) in [7, 11) is 1.60. The third-order valence-electron chi connectivity index (χ3n) is 5.79. The van der Waals surface area contributed by atoms with Crippen molar-refractivity contribution in [2.75, 3.05) is 13.7 Å². The van der Waals surface area contributed by atoms with Gasteiger partial charge >= 0.3 is 0 Å². The highest BCUT2D eigenvalue weighted by molar-refractivity contribution is 6.42. The quantitative estimate of drug-likeness (QED) is 0.425. The van der Waals surface area contributed by atoms with E-state index in [1.165, 1.54) is 12.8 Å². The van der Waals surface area contributed by atoms with Crippen molar-refractivity contribution in [3.05, 3.63) is 63.1 Å². The largest absolute Gasteiger partial charge is 0.495 e. The average molecular weight is 465 g/mol. The lowest BCUT2D eigenvalue weighted by Crippen LogP contribution is -2.35. The van der Waals surface area contributed by atoms with Crippen LogP contribution in [0.3, 0.4) is 0 Å². The SMILES string of the molecule is COc1cc2c(C(O)CC3CCCCN3)cc(-c3ccc(Cl)c(Cl)c3)cc2cc1Cl. The Balaban J connectivity index is 1.82. The fourth-order valence-corrected chi connectivity index (χ4v) is 4.74. The number of aliphatic hydroxyl groups is 1. The number of aliphatic hydroxyl groups excluding tert-OH is 1. The molecule has 0 saturated carbocycles. The van der Waals surface area contributed by atoms with Gasteiger partial charge in [-0.2, -0.15) is 0 Å². The zero-order valence-electron chi connectivity index (χ0n) is 16.7. The topological polar surface area (TPSA) is 41.5 Å². The first-order chi connectivity index (χ1) is 14.5. The first kappa shape index (κ1) is 21.7. The van der Waals surface area contributed by atoms with E-state index in [9.17, 15) is 5.11 Å². The summed E-state index contributed by atoms with van der Waals surface area (Å²) in [5.41, 5.74) is 2.74. The van der Waals surface area contributed by atoms with Gasteiger partial charge in [-0.3, -0.25) is 0 Å². The van der Waals surface area contributed by atoms with Crippen molar-refractivity contribution in [1.82, 2.24) is 5.32 Å². The lowest BCUT2D eigenvalue weighted by Gasteiger charge is -2.26. The first-order valence-corrected chi connectivity index (χ1v) is 11.3. The maximum absolute atomic E-state index is 11.2. The minimum Gasteiger partial charge on any atom is -0.495 e. The van der Waals surface area contributed by atoms with Gasteiger partial charge in [-0.05, 0) is 89.7 Å². The summed E-state index contributed by atoms with van der Waals surface area (Å²) in [4.78, 5) is 0. The normalized spacial score (nSPS) is 17.8. The lowest BCUT2D eigenvalue weighted by molar-refractivity contribution is 0.146. The number of hydrogen-bond donors (Lipinski definition) is 2.